The van der Waals surface area contributed by atoms with Crippen molar-refractivity contribution < 1.29 is 4.74 Å². The van der Waals surface area contributed by atoms with Crippen LogP contribution in [0.5, 0.6) is 5.75 Å². The first kappa shape index (κ1) is 7.49. The Bertz CT molecular complexity index is 258. The molecule has 0 atom stereocenters. The first-order valence-corrected chi connectivity index (χ1v) is 3.30. The quantitative estimate of drug-likeness (QED) is 0.500. The van der Waals surface area contributed by atoms with Crippen LogP contribution in [-0.4, -0.2) is 6.61 Å². The van der Waals surface area contributed by atoms with Crippen molar-refractivity contribution >= 4 is 0 Å². The van der Waals surface area contributed by atoms with Gasteiger partial charge < -0.3 is 10.5 Å². The molecule has 0 amide bonds. The van der Waals surface area contributed by atoms with Crippen LogP contribution >= 0.6 is 0 Å². The summed E-state index contributed by atoms with van der Waals surface area (Å²) in [6.45, 7) is 0.348. The number of para-hydroxylation sites is 1. The Morgan fingerprint density at radius 3 is 2.64 bits per heavy atom. The van der Waals surface area contributed by atoms with Crippen molar-refractivity contribution in [2.45, 2.75) is 0 Å². The molecular weight excluding hydrogens is 138 g/mol. The summed E-state index contributed by atoms with van der Waals surface area (Å²) >= 11 is 0. The SMILES string of the molecule is NC#CCOc1ccccc1. The van der Waals surface area contributed by atoms with E-state index in [2.05, 4.69) is 12.0 Å². The predicted octanol–water partition coefficient (Wildman–Crippen LogP) is 0.985. The monoisotopic (exact) mass is 147 g/mol. The zero-order valence-corrected chi connectivity index (χ0v) is 6.08. The van der Waals surface area contributed by atoms with Gasteiger partial charge in [0.05, 0.1) is 0 Å². The molecule has 0 aliphatic carbocycles. The van der Waals surface area contributed by atoms with Gasteiger partial charge in [0.1, 0.15) is 5.75 Å². The van der Waals surface area contributed by atoms with Crippen molar-refractivity contribution in [3.8, 4) is 17.7 Å². The Hall–Kier alpha value is -1.62. The molecular formula is C9H9NO. The summed E-state index contributed by atoms with van der Waals surface area (Å²) in [7, 11) is 0. The molecule has 1 rings (SSSR count). The third-order valence-corrected chi connectivity index (χ3v) is 1.16. The average molecular weight is 147 g/mol. The highest BCUT2D eigenvalue weighted by Gasteiger charge is 1.85. The lowest BCUT2D eigenvalue weighted by Crippen LogP contribution is -1.94. The largest absolute Gasteiger partial charge is 0.481 e. The van der Waals surface area contributed by atoms with Gasteiger partial charge in [-0.3, -0.25) is 0 Å². The van der Waals surface area contributed by atoms with Crippen LogP contribution in [0.15, 0.2) is 30.3 Å². The summed E-state index contributed by atoms with van der Waals surface area (Å²) in [5.74, 6) is 3.42. The molecule has 0 saturated heterocycles. The zero-order chi connectivity index (χ0) is 7.94. The van der Waals surface area contributed by atoms with Gasteiger partial charge in [-0.25, -0.2) is 0 Å². The molecule has 1 aromatic rings. The minimum atomic E-state index is 0.348. The van der Waals surface area contributed by atoms with Crippen LogP contribution in [0.3, 0.4) is 0 Å². The van der Waals surface area contributed by atoms with Gasteiger partial charge >= 0.3 is 0 Å². The molecule has 0 aromatic heterocycles. The molecule has 0 heterocycles. The molecule has 0 aliphatic rings. The molecule has 2 nitrogen and oxygen atoms in total. The fourth-order valence-electron chi connectivity index (χ4n) is 0.678. The minimum absolute atomic E-state index is 0.348. The van der Waals surface area contributed by atoms with Crippen molar-refractivity contribution in [2.24, 2.45) is 5.73 Å². The third-order valence-electron chi connectivity index (χ3n) is 1.16. The summed E-state index contributed by atoms with van der Waals surface area (Å²) in [4.78, 5) is 0. The van der Waals surface area contributed by atoms with Gasteiger partial charge in [-0.1, -0.05) is 18.2 Å². The Labute approximate surface area is 66.0 Å². The minimum Gasteiger partial charge on any atom is -0.481 e. The van der Waals surface area contributed by atoms with E-state index in [1.54, 1.807) is 0 Å². The van der Waals surface area contributed by atoms with Crippen molar-refractivity contribution in [1.29, 1.82) is 0 Å². The first-order chi connectivity index (χ1) is 5.43. The maximum absolute atomic E-state index is 5.19. The molecule has 2 heteroatoms. The van der Waals surface area contributed by atoms with Crippen LogP contribution < -0.4 is 10.5 Å². The van der Waals surface area contributed by atoms with Gasteiger partial charge in [0.2, 0.25) is 0 Å². The van der Waals surface area contributed by atoms with E-state index in [4.69, 9.17) is 10.5 Å². The molecule has 0 saturated carbocycles. The number of hydrogen-bond acceptors (Lipinski definition) is 2. The summed E-state index contributed by atoms with van der Waals surface area (Å²) in [5.41, 5.74) is 4.95. The lowest BCUT2D eigenvalue weighted by molar-refractivity contribution is 0.370. The van der Waals surface area contributed by atoms with E-state index in [1.165, 1.54) is 0 Å². The standard InChI is InChI=1S/C9H9NO/c10-7-4-8-11-9-5-2-1-3-6-9/h1-3,5-6H,8,10H2. The van der Waals surface area contributed by atoms with Gasteiger partial charge in [-0.2, -0.15) is 0 Å². The second kappa shape index (κ2) is 4.24. The van der Waals surface area contributed by atoms with Crippen LogP contribution in [0.1, 0.15) is 0 Å². The summed E-state index contributed by atoms with van der Waals surface area (Å²) in [6, 6.07) is 11.8. The van der Waals surface area contributed by atoms with E-state index in [1.807, 2.05) is 30.3 Å². The van der Waals surface area contributed by atoms with Crippen LogP contribution in [0, 0.1) is 12.0 Å². The van der Waals surface area contributed by atoms with E-state index in [9.17, 15) is 0 Å². The topological polar surface area (TPSA) is 35.2 Å². The van der Waals surface area contributed by atoms with Crippen LogP contribution in [0.4, 0.5) is 0 Å². The van der Waals surface area contributed by atoms with Crippen molar-refractivity contribution in [3.05, 3.63) is 30.3 Å². The highest BCUT2D eigenvalue weighted by Crippen LogP contribution is 2.06. The molecule has 0 unspecified atom stereocenters. The maximum Gasteiger partial charge on any atom is 0.150 e. The number of rotatable bonds is 2. The molecule has 11 heavy (non-hydrogen) atoms. The zero-order valence-electron chi connectivity index (χ0n) is 6.08. The molecule has 0 bridgehead atoms. The van der Waals surface area contributed by atoms with Crippen molar-refractivity contribution in [3.63, 3.8) is 0 Å². The van der Waals surface area contributed by atoms with Gasteiger partial charge in [-0.05, 0) is 18.1 Å². The predicted molar refractivity (Wildman–Crippen MR) is 43.9 cm³/mol. The average Bonchev–Trinajstić information content (AvgIpc) is 2.07. The van der Waals surface area contributed by atoms with Crippen LogP contribution in [-0.2, 0) is 0 Å². The molecule has 0 aliphatic heterocycles. The first-order valence-electron chi connectivity index (χ1n) is 3.30. The second-order valence-corrected chi connectivity index (χ2v) is 1.92. The smallest absolute Gasteiger partial charge is 0.150 e. The summed E-state index contributed by atoms with van der Waals surface area (Å²) in [6.07, 6.45) is 0. The van der Waals surface area contributed by atoms with Gasteiger partial charge in [0.25, 0.3) is 0 Å². The fraction of sp³-hybridized carbons (Fsp3) is 0.111. The number of benzene rings is 1. The fourth-order valence-corrected chi connectivity index (χ4v) is 0.678. The summed E-state index contributed by atoms with van der Waals surface area (Å²) in [5, 5.41) is 0. The van der Waals surface area contributed by atoms with Gasteiger partial charge in [-0.15, -0.1) is 0 Å². The molecule has 0 spiro atoms. The molecule has 1 aromatic carbocycles. The van der Waals surface area contributed by atoms with Crippen LogP contribution in [0.2, 0.25) is 0 Å². The van der Waals surface area contributed by atoms with Crippen molar-refractivity contribution in [2.75, 3.05) is 6.61 Å². The maximum atomic E-state index is 5.19. The number of ether oxygens (including phenoxy) is 1. The normalized spacial score (nSPS) is 8.00. The number of hydrogen-bond donors (Lipinski definition) is 1. The Morgan fingerprint density at radius 1 is 1.27 bits per heavy atom. The van der Waals surface area contributed by atoms with E-state index in [0.717, 1.165) is 5.75 Å². The van der Waals surface area contributed by atoms with Gasteiger partial charge in [0, 0.05) is 6.04 Å². The molecule has 56 valence electrons. The van der Waals surface area contributed by atoms with Crippen LogP contribution in [0.25, 0.3) is 0 Å². The van der Waals surface area contributed by atoms with Gasteiger partial charge in [0.15, 0.2) is 6.61 Å². The third kappa shape index (κ3) is 2.63. The van der Waals surface area contributed by atoms with E-state index in [-0.39, 0.29) is 0 Å². The molecule has 2 N–H and O–H groups in total. The lowest BCUT2D eigenvalue weighted by Gasteiger charge is -1.98. The second-order valence-electron chi connectivity index (χ2n) is 1.92. The Balaban J connectivity index is 2.43. The van der Waals surface area contributed by atoms with E-state index >= 15 is 0 Å². The Kier molecular flexibility index (Phi) is 2.88. The van der Waals surface area contributed by atoms with E-state index < -0.39 is 0 Å². The van der Waals surface area contributed by atoms with Crippen molar-refractivity contribution in [1.82, 2.24) is 0 Å². The molecule has 0 radical (unpaired) electrons. The Morgan fingerprint density at radius 2 is 2.00 bits per heavy atom. The highest BCUT2D eigenvalue weighted by molar-refractivity contribution is 5.21. The summed E-state index contributed by atoms with van der Waals surface area (Å²) < 4.78 is 5.19. The lowest BCUT2D eigenvalue weighted by atomic mass is 10.3. The molecule has 0 fully saturated rings. The highest BCUT2D eigenvalue weighted by atomic mass is 16.5. The van der Waals surface area contributed by atoms with E-state index in [0.29, 0.717) is 6.61 Å². The number of nitrogens with two attached hydrogens (primary N) is 1.